The number of nitrogens with zero attached hydrogens (tertiary/aromatic N) is 1. The summed E-state index contributed by atoms with van der Waals surface area (Å²) in [5.74, 6) is 1.46. The van der Waals surface area contributed by atoms with Gasteiger partial charge in [0.2, 0.25) is 5.91 Å². The third-order valence-corrected chi connectivity index (χ3v) is 5.13. The number of hydrogen-bond acceptors (Lipinski definition) is 3. The van der Waals surface area contributed by atoms with Crippen molar-refractivity contribution in [3.8, 4) is 0 Å². The smallest absolute Gasteiger partial charge is 0.224 e. The molecule has 0 aromatic rings. The number of hydrogen-bond donors (Lipinski definition) is 2. The van der Waals surface area contributed by atoms with Crippen molar-refractivity contribution in [1.29, 1.82) is 0 Å². The highest BCUT2D eigenvalue weighted by atomic mass is 16.1. The number of amides is 1. The van der Waals surface area contributed by atoms with Crippen LogP contribution in [0.3, 0.4) is 0 Å². The van der Waals surface area contributed by atoms with E-state index in [2.05, 4.69) is 24.1 Å². The van der Waals surface area contributed by atoms with Crippen LogP contribution in [-0.2, 0) is 4.79 Å². The minimum Gasteiger partial charge on any atom is -0.356 e. The molecule has 2 bridgehead atoms. The lowest BCUT2D eigenvalue weighted by molar-refractivity contribution is -0.127. The summed E-state index contributed by atoms with van der Waals surface area (Å²) in [5.41, 5.74) is 6.19. The quantitative estimate of drug-likeness (QED) is 0.682. The molecule has 0 radical (unpaired) electrons. The first-order valence-electron chi connectivity index (χ1n) is 7.93. The molecule has 4 unspecified atom stereocenters. The fraction of sp³-hybridized carbons (Fsp3) is 0.933. The van der Waals surface area contributed by atoms with Crippen LogP contribution in [-0.4, -0.2) is 43.0 Å². The lowest BCUT2D eigenvalue weighted by Crippen LogP contribution is -2.45. The molecule has 0 spiro atoms. The van der Waals surface area contributed by atoms with E-state index >= 15 is 0 Å². The van der Waals surface area contributed by atoms with E-state index < -0.39 is 0 Å². The first-order valence-corrected chi connectivity index (χ1v) is 7.93. The lowest BCUT2D eigenvalue weighted by atomic mass is 9.84. The van der Waals surface area contributed by atoms with Gasteiger partial charge in [0.1, 0.15) is 0 Å². The molecule has 2 fully saturated rings. The molecule has 2 saturated carbocycles. The summed E-state index contributed by atoms with van der Waals surface area (Å²) >= 11 is 0. The van der Waals surface area contributed by atoms with Gasteiger partial charge in [0.05, 0.1) is 5.92 Å². The predicted octanol–water partition coefficient (Wildman–Crippen LogP) is 1.21. The van der Waals surface area contributed by atoms with Gasteiger partial charge >= 0.3 is 0 Å². The van der Waals surface area contributed by atoms with Crippen LogP contribution in [0.15, 0.2) is 0 Å². The molecule has 19 heavy (non-hydrogen) atoms. The zero-order valence-electron chi connectivity index (χ0n) is 12.4. The standard InChI is InChI=1S/C15H29N3O/c1-3-18(4-2)9-5-8-17-15(19)13-11-6-7-12(10-11)14(13)16/h11-14H,3-10,16H2,1-2H3,(H,17,19). The first-order chi connectivity index (χ1) is 9.17. The van der Waals surface area contributed by atoms with E-state index in [1.165, 1.54) is 19.3 Å². The fourth-order valence-corrected chi connectivity index (χ4v) is 3.90. The summed E-state index contributed by atoms with van der Waals surface area (Å²) in [5, 5.41) is 3.10. The summed E-state index contributed by atoms with van der Waals surface area (Å²) in [6.07, 6.45) is 4.65. The Morgan fingerprint density at radius 2 is 1.95 bits per heavy atom. The Hall–Kier alpha value is -0.610. The summed E-state index contributed by atoms with van der Waals surface area (Å²) < 4.78 is 0. The molecule has 1 amide bonds. The molecule has 0 aliphatic heterocycles. The molecule has 2 aliphatic carbocycles. The summed E-state index contributed by atoms with van der Waals surface area (Å²) in [7, 11) is 0. The number of carbonyl (C=O) groups excluding carboxylic acids is 1. The molecular weight excluding hydrogens is 238 g/mol. The van der Waals surface area contributed by atoms with E-state index in [9.17, 15) is 4.79 Å². The zero-order chi connectivity index (χ0) is 13.8. The van der Waals surface area contributed by atoms with Crippen LogP contribution in [0.25, 0.3) is 0 Å². The molecule has 0 aromatic heterocycles. The van der Waals surface area contributed by atoms with Gasteiger partial charge in [-0.2, -0.15) is 0 Å². The highest BCUT2D eigenvalue weighted by Gasteiger charge is 2.48. The second-order valence-electron chi connectivity index (χ2n) is 6.11. The highest BCUT2D eigenvalue weighted by Crippen LogP contribution is 2.47. The van der Waals surface area contributed by atoms with E-state index in [0.29, 0.717) is 11.8 Å². The predicted molar refractivity (Wildman–Crippen MR) is 77.7 cm³/mol. The van der Waals surface area contributed by atoms with Crippen LogP contribution < -0.4 is 11.1 Å². The topological polar surface area (TPSA) is 58.4 Å². The maximum Gasteiger partial charge on any atom is 0.224 e. The third-order valence-electron chi connectivity index (χ3n) is 5.13. The molecule has 2 aliphatic rings. The van der Waals surface area contributed by atoms with E-state index in [0.717, 1.165) is 32.6 Å². The molecule has 2 rings (SSSR count). The van der Waals surface area contributed by atoms with Crippen LogP contribution in [0.1, 0.15) is 39.5 Å². The maximum absolute atomic E-state index is 12.2. The number of carbonyl (C=O) groups is 1. The van der Waals surface area contributed by atoms with Gasteiger partial charge in [-0.3, -0.25) is 4.79 Å². The van der Waals surface area contributed by atoms with Crippen LogP contribution >= 0.6 is 0 Å². The molecule has 4 atom stereocenters. The molecule has 4 nitrogen and oxygen atoms in total. The van der Waals surface area contributed by atoms with Crippen molar-refractivity contribution in [2.24, 2.45) is 23.5 Å². The number of nitrogens with one attached hydrogen (secondary N) is 1. The van der Waals surface area contributed by atoms with Crippen molar-refractivity contribution in [2.75, 3.05) is 26.2 Å². The molecule has 0 saturated heterocycles. The molecule has 0 heterocycles. The van der Waals surface area contributed by atoms with Crippen molar-refractivity contribution in [3.05, 3.63) is 0 Å². The number of fused-ring (bicyclic) bond motifs is 2. The second-order valence-corrected chi connectivity index (χ2v) is 6.11. The van der Waals surface area contributed by atoms with Gasteiger partial charge in [-0.25, -0.2) is 0 Å². The highest BCUT2D eigenvalue weighted by molar-refractivity contribution is 5.80. The van der Waals surface area contributed by atoms with Gasteiger partial charge in [-0.05, 0) is 57.2 Å². The van der Waals surface area contributed by atoms with Gasteiger partial charge in [0.25, 0.3) is 0 Å². The van der Waals surface area contributed by atoms with Crippen LogP contribution in [0.4, 0.5) is 0 Å². The van der Waals surface area contributed by atoms with Crippen molar-refractivity contribution in [3.63, 3.8) is 0 Å². The van der Waals surface area contributed by atoms with Crippen LogP contribution in [0, 0.1) is 17.8 Å². The van der Waals surface area contributed by atoms with Crippen molar-refractivity contribution >= 4 is 5.91 Å². The molecule has 3 N–H and O–H groups in total. The molecule has 110 valence electrons. The average Bonchev–Trinajstić information content (AvgIpc) is 2.99. The Balaban J connectivity index is 1.68. The normalized spacial score (nSPS) is 33.1. The third kappa shape index (κ3) is 3.29. The fourth-order valence-electron chi connectivity index (χ4n) is 3.90. The number of nitrogens with two attached hydrogens (primary N) is 1. The Bertz CT molecular complexity index is 302. The van der Waals surface area contributed by atoms with E-state index in [-0.39, 0.29) is 17.9 Å². The van der Waals surface area contributed by atoms with Crippen LogP contribution in [0.5, 0.6) is 0 Å². The average molecular weight is 267 g/mol. The van der Waals surface area contributed by atoms with Crippen molar-refractivity contribution in [1.82, 2.24) is 10.2 Å². The van der Waals surface area contributed by atoms with Gasteiger partial charge < -0.3 is 16.0 Å². The maximum atomic E-state index is 12.2. The molecular formula is C15H29N3O. The lowest BCUT2D eigenvalue weighted by Gasteiger charge is -2.27. The summed E-state index contributed by atoms with van der Waals surface area (Å²) in [6, 6.07) is 0.113. The Morgan fingerprint density at radius 1 is 1.26 bits per heavy atom. The monoisotopic (exact) mass is 267 g/mol. The van der Waals surface area contributed by atoms with Gasteiger partial charge in [-0.1, -0.05) is 13.8 Å². The Morgan fingerprint density at radius 3 is 2.53 bits per heavy atom. The summed E-state index contributed by atoms with van der Waals surface area (Å²) in [4.78, 5) is 14.6. The molecule has 4 heteroatoms. The van der Waals surface area contributed by atoms with Gasteiger partial charge in [0.15, 0.2) is 0 Å². The minimum absolute atomic E-state index is 0.0900. The van der Waals surface area contributed by atoms with Crippen LogP contribution in [0.2, 0.25) is 0 Å². The molecule has 0 aromatic carbocycles. The largest absolute Gasteiger partial charge is 0.356 e. The first kappa shape index (κ1) is 14.8. The SMILES string of the molecule is CCN(CC)CCCNC(=O)C1C2CCC(C2)C1N. The van der Waals surface area contributed by atoms with Gasteiger partial charge in [-0.15, -0.1) is 0 Å². The second kappa shape index (κ2) is 6.71. The minimum atomic E-state index is 0.0900. The van der Waals surface area contributed by atoms with Gasteiger partial charge in [0, 0.05) is 12.6 Å². The van der Waals surface area contributed by atoms with E-state index in [1.54, 1.807) is 0 Å². The van der Waals surface area contributed by atoms with Crippen molar-refractivity contribution < 1.29 is 4.79 Å². The van der Waals surface area contributed by atoms with E-state index in [4.69, 9.17) is 5.73 Å². The zero-order valence-corrected chi connectivity index (χ0v) is 12.4. The Kier molecular flexibility index (Phi) is 5.22. The van der Waals surface area contributed by atoms with E-state index in [1.807, 2.05) is 0 Å². The number of rotatable bonds is 7. The Labute approximate surface area is 117 Å². The summed E-state index contributed by atoms with van der Waals surface area (Å²) in [6.45, 7) is 8.38. The van der Waals surface area contributed by atoms with Crippen molar-refractivity contribution in [2.45, 2.75) is 45.6 Å².